The van der Waals surface area contributed by atoms with Gasteiger partial charge in [-0.05, 0) is 12.8 Å². The van der Waals surface area contributed by atoms with Gasteiger partial charge in [-0.2, -0.15) is 0 Å². The molecule has 5 nitrogen and oxygen atoms in total. The number of alkyl halides is 1. The number of aromatic nitrogens is 1. The van der Waals surface area contributed by atoms with E-state index in [1.165, 1.54) is 0 Å². The average Bonchev–Trinajstić information content (AvgIpc) is 2.94. The number of carbonyl (C=O) groups is 2. The van der Waals surface area contributed by atoms with Crippen LogP contribution < -0.4 is 0 Å². The van der Waals surface area contributed by atoms with Crippen LogP contribution in [-0.4, -0.2) is 52.8 Å². The Morgan fingerprint density at radius 1 is 1.24 bits per heavy atom. The Morgan fingerprint density at radius 2 is 1.90 bits per heavy atom. The summed E-state index contributed by atoms with van der Waals surface area (Å²) in [5.41, 5.74) is 0.899. The number of halogens is 1. The number of piperazine rings is 1. The first-order chi connectivity index (χ1) is 10.2. The van der Waals surface area contributed by atoms with Gasteiger partial charge in [0.25, 0.3) is 0 Å². The van der Waals surface area contributed by atoms with Crippen molar-refractivity contribution in [2.24, 2.45) is 0 Å². The lowest BCUT2D eigenvalue weighted by Crippen LogP contribution is -2.54. The summed E-state index contributed by atoms with van der Waals surface area (Å²) < 4.78 is 0. The molecule has 0 aromatic carbocycles. The Kier molecular flexibility index (Phi) is 5.99. The van der Waals surface area contributed by atoms with Crippen LogP contribution in [0.15, 0.2) is 5.38 Å². The van der Waals surface area contributed by atoms with E-state index in [0.717, 1.165) is 30.0 Å². The van der Waals surface area contributed by atoms with Gasteiger partial charge in [-0.1, -0.05) is 6.92 Å². The van der Waals surface area contributed by atoms with Gasteiger partial charge in [-0.15, -0.1) is 22.9 Å². The van der Waals surface area contributed by atoms with Gasteiger partial charge in [0.2, 0.25) is 0 Å². The van der Waals surface area contributed by atoms with E-state index in [1.807, 2.05) is 12.3 Å². The molecular weight excluding hydrogens is 310 g/mol. The Hall–Kier alpha value is -1.14. The van der Waals surface area contributed by atoms with E-state index in [-0.39, 0.29) is 11.8 Å². The molecule has 2 amide bonds. The van der Waals surface area contributed by atoms with Gasteiger partial charge >= 0.3 is 11.8 Å². The predicted molar refractivity (Wildman–Crippen MR) is 83.4 cm³/mol. The van der Waals surface area contributed by atoms with Crippen molar-refractivity contribution in [3.63, 3.8) is 0 Å². The van der Waals surface area contributed by atoms with Crippen molar-refractivity contribution in [2.45, 2.75) is 32.1 Å². The second-order valence-electron chi connectivity index (χ2n) is 5.05. The van der Waals surface area contributed by atoms with Crippen molar-refractivity contribution in [3.05, 3.63) is 16.1 Å². The summed E-state index contributed by atoms with van der Waals surface area (Å²) in [6.07, 6.45) is 2.52. The SMILES string of the molecule is CCCN1CCN(CCCc2nc(CCl)cs2)C(=O)C1=O. The van der Waals surface area contributed by atoms with Crippen molar-refractivity contribution in [3.8, 4) is 0 Å². The molecule has 1 fully saturated rings. The molecule has 2 heterocycles. The second kappa shape index (κ2) is 7.75. The predicted octanol–water partition coefficient (Wildman–Crippen LogP) is 1.90. The van der Waals surface area contributed by atoms with Gasteiger partial charge in [0.1, 0.15) is 0 Å². The summed E-state index contributed by atoms with van der Waals surface area (Å²) in [5.74, 6) is -0.292. The fraction of sp³-hybridized carbons (Fsp3) is 0.643. The molecule has 116 valence electrons. The number of aryl methyl sites for hydroxylation is 1. The lowest BCUT2D eigenvalue weighted by molar-refractivity contribution is -0.156. The van der Waals surface area contributed by atoms with Crippen molar-refractivity contribution >= 4 is 34.8 Å². The zero-order chi connectivity index (χ0) is 15.2. The number of hydrogen-bond donors (Lipinski definition) is 0. The molecule has 0 unspecified atom stereocenters. The smallest absolute Gasteiger partial charge is 0.312 e. The molecule has 0 radical (unpaired) electrons. The molecule has 1 aromatic heterocycles. The van der Waals surface area contributed by atoms with Crippen LogP contribution in [-0.2, 0) is 21.9 Å². The minimum atomic E-state index is -0.365. The molecule has 0 spiro atoms. The fourth-order valence-corrected chi connectivity index (χ4v) is 3.43. The molecule has 2 rings (SSSR count). The standard InChI is InChI=1S/C14H20ClN3O2S/c1-2-5-17-7-8-18(14(20)13(17)19)6-3-4-12-16-11(9-15)10-21-12/h10H,2-9H2,1H3. The third-order valence-electron chi connectivity index (χ3n) is 3.45. The van der Waals surface area contributed by atoms with E-state index in [9.17, 15) is 9.59 Å². The number of hydrogen-bond acceptors (Lipinski definition) is 4. The highest BCUT2D eigenvalue weighted by Crippen LogP contribution is 2.14. The Balaban J connectivity index is 1.78. The second-order valence-corrected chi connectivity index (χ2v) is 6.26. The van der Waals surface area contributed by atoms with Crippen molar-refractivity contribution in [2.75, 3.05) is 26.2 Å². The van der Waals surface area contributed by atoms with Crippen LogP contribution in [0.4, 0.5) is 0 Å². The van der Waals surface area contributed by atoms with Crippen molar-refractivity contribution in [1.82, 2.24) is 14.8 Å². The highest BCUT2D eigenvalue weighted by atomic mass is 35.5. The first kappa shape index (κ1) is 16.2. The average molecular weight is 330 g/mol. The van der Waals surface area contributed by atoms with Gasteiger partial charge < -0.3 is 9.80 Å². The maximum absolute atomic E-state index is 12.0. The van der Waals surface area contributed by atoms with Crippen LogP contribution in [0.5, 0.6) is 0 Å². The van der Waals surface area contributed by atoms with E-state index in [0.29, 0.717) is 32.1 Å². The van der Waals surface area contributed by atoms with E-state index in [1.54, 1.807) is 21.1 Å². The van der Waals surface area contributed by atoms with Crippen LogP contribution in [0.3, 0.4) is 0 Å². The van der Waals surface area contributed by atoms with Gasteiger partial charge in [-0.25, -0.2) is 4.98 Å². The largest absolute Gasteiger partial charge is 0.333 e. The normalized spacial score (nSPS) is 15.9. The molecule has 1 saturated heterocycles. The third-order valence-corrected chi connectivity index (χ3v) is 4.68. The molecule has 0 N–H and O–H groups in total. The molecule has 0 saturated carbocycles. The molecule has 1 aromatic rings. The van der Waals surface area contributed by atoms with Gasteiger partial charge in [0.05, 0.1) is 16.6 Å². The lowest BCUT2D eigenvalue weighted by Gasteiger charge is -2.33. The maximum atomic E-state index is 12.0. The molecule has 0 bridgehead atoms. The number of thiazole rings is 1. The summed E-state index contributed by atoms with van der Waals surface area (Å²) in [5, 5.41) is 3.00. The maximum Gasteiger partial charge on any atom is 0.312 e. The van der Waals surface area contributed by atoms with E-state index in [2.05, 4.69) is 4.98 Å². The molecule has 0 atom stereocenters. The van der Waals surface area contributed by atoms with Crippen LogP contribution in [0.2, 0.25) is 0 Å². The lowest BCUT2D eigenvalue weighted by atomic mass is 10.2. The van der Waals surface area contributed by atoms with Gasteiger partial charge in [0, 0.05) is 38.0 Å². The first-order valence-corrected chi connectivity index (χ1v) is 8.64. The van der Waals surface area contributed by atoms with E-state index < -0.39 is 0 Å². The zero-order valence-electron chi connectivity index (χ0n) is 12.2. The Bertz CT molecular complexity index is 506. The van der Waals surface area contributed by atoms with Crippen molar-refractivity contribution < 1.29 is 9.59 Å². The summed E-state index contributed by atoms with van der Waals surface area (Å²) in [6, 6.07) is 0. The summed E-state index contributed by atoms with van der Waals surface area (Å²) in [4.78, 5) is 31.6. The van der Waals surface area contributed by atoms with E-state index >= 15 is 0 Å². The number of nitrogens with zero attached hydrogens (tertiary/aromatic N) is 3. The van der Waals surface area contributed by atoms with E-state index in [4.69, 9.17) is 11.6 Å². The summed E-state index contributed by atoms with van der Waals surface area (Å²) >= 11 is 7.31. The van der Waals surface area contributed by atoms with Crippen LogP contribution in [0.1, 0.15) is 30.5 Å². The Morgan fingerprint density at radius 3 is 2.48 bits per heavy atom. The number of rotatable bonds is 7. The molecule has 1 aliphatic rings. The molecule has 7 heteroatoms. The quantitative estimate of drug-likeness (QED) is 0.567. The molecular formula is C14H20ClN3O2S. The molecule has 1 aliphatic heterocycles. The minimum absolute atomic E-state index is 0.359. The zero-order valence-corrected chi connectivity index (χ0v) is 13.8. The third kappa shape index (κ3) is 4.17. The van der Waals surface area contributed by atoms with Gasteiger partial charge in [-0.3, -0.25) is 9.59 Å². The highest BCUT2D eigenvalue weighted by molar-refractivity contribution is 7.09. The van der Waals surface area contributed by atoms with Crippen molar-refractivity contribution in [1.29, 1.82) is 0 Å². The van der Waals surface area contributed by atoms with Gasteiger partial charge in [0.15, 0.2) is 0 Å². The fourth-order valence-electron chi connectivity index (χ4n) is 2.36. The summed E-state index contributed by atoms with van der Waals surface area (Å²) in [6.45, 7) is 4.56. The Labute approximate surface area is 133 Å². The summed E-state index contributed by atoms with van der Waals surface area (Å²) in [7, 11) is 0. The number of amides is 2. The highest BCUT2D eigenvalue weighted by Gasteiger charge is 2.31. The van der Waals surface area contributed by atoms with Crippen LogP contribution in [0, 0.1) is 0 Å². The van der Waals surface area contributed by atoms with Crippen LogP contribution in [0.25, 0.3) is 0 Å². The number of carbonyl (C=O) groups excluding carboxylic acids is 2. The molecule has 0 aliphatic carbocycles. The topological polar surface area (TPSA) is 53.5 Å². The minimum Gasteiger partial charge on any atom is -0.333 e. The monoisotopic (exact) mass is 329 g/mol. The molecule has 21 heavy (non-hydrogen) atoms. The van der Waals surface area contributed by atoms with Crippen LogP contribution >= 0.6 is 22.9 Å². The first-order valence-electron chi connectivity index (χ1n) is 7.23.